The Balaban J connectivity index is 1.90. The van der Waals surface area contributed by atoms with Gasteiger partial charge in [0.15, 0.2) is 0 Å². The molecule has 3 N–H and O–H groups in total. The van der Waals surface area contributed by atoms with Gasteiger partial charge in [-0.3, -0.25) is 4.79 Å². The van der Waals surface area contributed by atoms with Gasteiger partial charge in [0.05, 0.1) is 11.4 Å². The first kappa shape index (κ1) is 14.5. The molecule has 1 aromatic rings. The lowest BCUT2D eigenvalue weighted by atomic mass is 10.0. The van der Waals surface area contributed by atoms with E-state index >= 15 is 0 Å². The maximum atomic E-state index is 12.0. The number of amides is 1. The van der Waals surface area contributed by atoms with E-state index in [1.54, 1.807) is 0 Å². The van der Waals surface area contributed by atoms with Crippen molar-refractivity contribution in [2.24, 2.45) is 11.7 Å². The van der Waals surface area contributed by atoms with Crippen LogP contribution in [0.2, 0.25) is 0 Å². The minimum atomic E-state index is 0.0375. The van der Waals surface area contributed by atoms with Gasteiger partial charge in [0, 0.05) is 16.4 Å². The minimum absolute atomic E-state index is 0.0375. The van der Waals surface area contributed by atoms with Gasteiger partial charge in [-0.25, -0.2) is 0 Å². The number of halogens is 1. The van der Waals surface area contributed by atoms with Crippen LogP contribution in [-0.4, -0.2) is 16.9 Å². The van der Waals surface area contributed by atoms with Crippen LogP contribution in [0.4, 0.5) is 0 Å². The van der Waals surface area contributed by atoms with Gasteiger partial charge in [-0.2, -0.15) is 0 Å². The Kier molecular flexibility index (Phi) is 4.93. The van der Waals surface area contributed by atoms with Crippen LogP contribution >= 0.6 is 28.1 Å². The van der Waals surface area contributed by atoms with Gasteiger partial charge < -0.3 is 11.1 Å². The van der Waals surface area contributed by atoms with Crippen LogP contribution in [0.3, 0.4) is 0 Å². The normalized spacial score (nSPS) is 22.2. The van der Waals surface area contributed by atoms with E-state index in [4.69, 9.17) is 18.0 Å². The van der Waals surface area contributed by atoms with Gasteiger partial charge in [0.25, 0.3) is 0 Å². The van der Waals surface area contributed by atoms with Crippen molar-refractivity contribution in [1.82, 2.24) is 5.32 Å². The topological polar surface area (TPSA) is 55.1 Å². The molecule has 1 saturated carbocycles. The van der Waals surface area contributed by atoms with Crippen LogP contribution in [0.5, 0.6) is 0 Å². The first-order chi connectivity index (χ1) is 9.06. The molecule has 0 aromatic heterocycles. The molecule has 5 heteroatoms. The molecule has 0 spiro atoms. The van der Waals surface area contributed by atoms with Crippen molar-refractivity contribution in [2.45, 2.75) is 31.7 Å². The maximum Gasteiger partial charge on any atom is 0.224 e. The number of benzene rings is 1. The van der Waals surface area contributed by atoms with E-state index in [1.807, 2.05) is 24.3 Å². The van der Waals surface area contributed by atoms with Crippen LogP contribution in [0.25, 0.3) is 0 Å². The molecule has 0 saturated heterocycles. The van der Waals surface area contributed by atoms with Crippen molar-refractivity contribution in [1.29, 1.82) is 0 Å². The summed E-state index contributed by atoms with van der Waals surface area (Å²) >= 11 is 8.43. The molecule has 19 heavy (non-hydrogen) atoms. The highest BCUT2D eigenvalue weighted by atomic mass is 79.9. The van der Waals surface area contributed by atoms with Crippen LogP contribution in [0, 0.1) is 5.92 Å². The fraction of sp³-hybridized carbons (Fsp3) is 0.429. The molecule has 1 aromatic carbocycles. The van der Waals surface area contributed by atoms with E-state index < -0.39 is 0 Å². The number of thiocarbonyl (C=S) groups is 1. The summed E-state index contributed by atoms with van der Waals surface area (Å²) in [7, 11) is 0. The van der Waals surface area contributed by atoms with Crippen molar-refractivity contribution < 1.29 is 4.79 Å². The lowest BCUT2D eigenvalue weighted by Gasteiger charge is -2.19. The Morgan fingerprint density at radius 3 is 2.68 bits per heavy atom. The molecule has 0 heterocycles. The molecule has 1 amide bonds. The Morgan fingerprint density at radius 1 is 1.37 bits per heavy atom. The van der Waals surface area contributed by atoms with Crippen molar-refractivity contribution in [2.75, 3.05) is 0 Å². The maximum absolute atomic E-state index is 12.0. The summed E-state index contributed by atoms with van der Waals surface area (Å²) in [5.41, 5.74) is 6.71. The van der Waals surface area contributed by atoms with Gasteiger partial charge in [-0.05, 0) is 30.5 Å². The fourth-order valence-electron chi connectivity index (χ4n) is 2.52. The number of hydrogen-bond donors (Lipinski definition) is 2. The third kappa shape index (κ3) is 4.01. The van der Waals surface area contributed by atoms with Crippen molar-refractivity contribution in [3.8, 4) is 0 Å². The number of nitrogens with two attached hydrogens (primary N) is 1. The second-order valence-corrected chi connectivity index (χ2v) is 6.30. The minimum Gasteiger partial charge on any atom is -0.393 e. The van der Waals surface area contributed by atoms with E-state index in [-0.39, 0.29) is 17.9 Å². The number of hydrogen-bond acceptors (Lipinski definition) is 2. The second-order valence-electron chi connectivity index (χ2n) is 4.92. The molecule has 0 bridgehead atoms. The molecule has 102 valence electrons. The monoisotopic (exact) mass is 340 g/mol. The first-order valence-electron chi connectivity index (χ1n) is 6.39. The molecule has 2 unspecified atom stereocenters. The molecular formula is C14H17BrN2OS. The van der Waals surface area contributed by atoms with Gasteiger partial charge in [-0.15, -0.1) is 0 Å². The van der Waals surface area contributed by atoms with E-state index in [1.165, 1.54) is 0 Å². The van der Waals surface area contributed by atoms with E-state index in [0.29, 0.717) is 11.4 Å². The molecule has 0 aliphatic heterocycles. The zero-order valence-corrected chi connectivity index (χ0v) is 13.0. The Bertz CT molecular complexity index is 475. The largest absolute Gasteiger partial charge is 0.393 e. The highest BCUT2D eigenvalue weighted by Gasteiger charge is 2.30. The van der Waals surface area contributed by atoms with E-state index in [0.717, 1.165) is 29.3 Å². The standard InChI is InChI=1S/C14H17BrN2OS/c15-10-6-4-9(5-7-10)8-13(18)17-12-3-1-2-11(12)14(16)19/h4-7,11-12H,1-3,8H2,(H2,16,19)(H,17,18). The van der Waals surface area contributed by atoms with Gasteiger partial charge in [0.1, 0.15) is 0 Å². The average molecular weight is 341 g/mol. The summed E-state index contributed by atoms with van der Waals surface area (Å²) in [5.74, 6) is 0.194. The molecule has 2 rings (SSSR count). The average Bonchev–Trinajstić information content (AvgIpc) is 2.80. The van der Waals surface area contributed by atoms with Crippen LogP contribution in [0.1, 0.15) is 24.8 Å². The molecule has 3 nitrogen and oxygen atoms in total. The summed E-state index contributed by atoms with van der Waals surface area (Å²) in [6, 6.07) is 7.89. The fourth-order valence-corrected chi connectivity index (χ4v) is 3.07. The number of nitrogens with one attached hydrogen (secondary N) is 1. The number of carbonyl (C=O) groups excluding carboxylic acids is 1. The number of carbonyl (C=O) groups is 1. The highest BCUT2D eigenvalue weighted by molar-refractivity contribution is 9.10. The molecule has 0 radical (unpaired) electrons. The lowest BCUT2D eigenvalue weighted by Crippen LogP contribution is -2.42. The van der Waals surface area contributed by atoms with Crippen LogP contribution < -0.4 is 11.1 Å². The predicted octanol–water partition coefficient (Wildman–Crippen LogP) is 2.56. The Morgan fingerprint density at radius 2 is 2.05 bits per heavy atom. The van der Waals surface area contributed by atoms with Crippen LogP contribution in [0.15, 0.2) is 28.7 Å². The summed E-state index contributed by atoms with van der Waals surface area (Å²) in [6.07, 6.45) is 3.42. The summed E-state index contributed by atoms with van der Waals surface area (Å²) < 4.78 is 1.01. The zero-order chi connectivity index (χ0) is 13.8. The van der Waals surface area contributed by atoms with Crippen molar-refractivity contribution in [3.05, 3.63) is 34.3 Å². The Hall–Kier alpha value is -0.940. The van der Waals surface area contributed by atoms with E-state index in [2.05, 4.69) is 21.2 Å². The lowest BCUT2D eigenvalue weighted by molar-refractivity contribution is -0.121. The SMILES string of the molecule is NC(=S)C1CCCC1NC(=O)Cc1ccc(Br)cc1. The Labute approximate surface area is 127 Å². The predicted molar refractivity (Wildman–Crippen MR) is 83.9 cm³/mol. The summed E-state index contributed by atoms with van der Waals surface area (Å²) in [4.78, 5) is 12.5. The van der Waals surface area contributed by atoms with Gasteiger partial charge >= 0.3 is 0 Å². The summed E-state index contributed by atoms with van der Waals surface area (Å²) in [5, 5.41) is 3.06. The smallest absolute Gasteiger partial charge is 0.224 e. The quantitative estimate of drug-likeness (QED) is 0.828. The molecular weight excluding hydrogens is 324 g/mol. The second kappa shape index (κ2) is 6.48. The molecule has 2 atom stereocenters. The highest BCUT2D eigenvalue weighted by Crippen LogP contribution is 2.26. The zero-order valence-electron chi connectivity index (χ0n) is 10.6. The molecule has 1 fully saturated rings. The number of rotatable bonds is 4. The van der Waals surface area contributed by atoms with Gasteiger partial charge in [0.2, 0.25) is 5.91 Å². The molecule has 1 aliphatic rings. The third-order valence-corrected chi connectivity index (χ3v) is 4.34. The van der Waals surface area contributed by atoms with Crippen molar-refractivity contribution in [3.63, 3.8) is 0 Å². The van der Waals surface area contributed by atoms with Crippen LogP contribution in [-0.2, 0) is 11.2 Å². The van der Waals surface area contributed by atoms with Gasteiger partial charge in [-0.1, -0.05) is 46.7 Å². The van der Waals surface area contributed by atoms with Crippen molar-refractivity contribution >= 4 is 39.0 Å². The first-order valence-corrected chi connectivity index (χ1v) is 7.59. The molecule has 1 aliphatic carbocycles. The van der Waals surface area contributed by atoms with E-state index in [9.17, 15) is 4.79 Å². The summed E-state index contributed by atoms with van der Waals surface area (Å²) in [6.45, 7) is 0. The third-order valence-electron chi connectivity index (χ3n) is 3.51.